The number of hydrogen-bond acceptors (Lipinski definition) is 5. The molecule has 102 valence electrons. The van der Waals surface area contributed by atoms with Gasteiger partial charge in [-0.2, -0.15) is 5.01 Å². The molecule has 2 rings (SSSR count). The van der Waals surface area contributed by atoms with E-state index < -0.39 is 23.6 Å². The summed E-state index contributed by atoms with van der Waals surface area (Å²) in [5, 5.41) is 8.53. The van der Waals surface area contributed by atoms with E-state index in [1.165, 1.54) is 0 Å². The number of para-hydroxylation sites is 1. The number of nitrogens with one attached hydrogen (secondary N) is 2. The smallest absolute Gasteiger partial charge is 0.340 e. The zero-order chi connectivity index (χ0) is 14.7. The van der Waals surface area contributed by atoms with Gasteiger partial charge in [-0.05, 0) is 12.1 Å². The third-order valence-electron chi connectivity index (χ3n) is 2.29. The molecule has 1 aliphatic rings. The molecule has 9 nitrogen and oxygen atoms in total. The van der Waals surface area contributed by atoms with Crippen molar-refractivity contribution >= 4 is 35.3 Å². The Bertz CT molecular complexity index is 603. The number of benzene rings is 1. The summed E-state index contributed by atoms with van der Waals surface area (Å²) in [5.41, 5.74) is 5.50. The Balaban J connectivity index is 2.31. The SMILES string of the molecule is NC(=O)N(N=C1NC(=O)C(=O)C(=O)N1)c1ccccc1. The highest BCUT2D eigenvalue weighted by molar-refractivity contribution is 6.67. The van der Waals surface area contributed by atoms with Crippen LogP contribution >= 0.6 is 0 Å². The van der Waals surface area contributed by atoms with Crippen LogP contribution in [0.3, 0.4) is 0 Å². The van der Waals surface area contributed by atoms with Crippen LogP contribution in [0.2, 0.25) is 0 Å². The lowest BCUT2D eigenvalue weighted by molar-refractivity contribution is -0.145. The Morgan fingerprint density at radius 2 is 1.60 bits per heavy atom. The standard InChI is InChI=1S/C11H9N5O4/c12-10(20)16(6-4-2-1-3-5-6)15-11-13-8(18)7(17)9(19)14-11/h1-5H,(H2,12,20)(H2,13,14,15,18,19). The fraction of sp³-hybridized carbons (Fsp3) is 0. The first-order valence-electron chi connectivity index (χ1n) is 5.39. The van der Waals surface area contributed by atoms with Gasteiger partial charge in [-0.25, -0.2) is 4.79 Å². The van der Waals surface area contributed by atoms with Crippen LogP contribution in [0.25, 0.3) is 0 Å². The van der Waals surface area contributed by atoms with Crippen molar-refractivity contribution < 1.29 is 19.2 Å². The summed E-state index contributed by atoms with van der Waals surface area (Å²) < 4.78 is 0. The van der Waals surface area contributed by atoms with E-state index in [4.69, 9.17) is 5.73 Å². The van der Waals surface area contributed by atoms with Gasteiger partial charge < -0.3 is 5.73 Å². The predicted molar refractivity (Wildman–Crippen MR) is 67.2 cm³/mol. The molecule has 0 aromatic heterocycles. The Morgan fingerprint density at radius 1 is 1.05 bits per heavy atom. The van der Waals surface area contributed by atoms with Crippen LogP contribution in [0.4, 0.5) is 10.5 Å². The number of ketones is 1. The van der Waals surface area contributed by atoms with Crippen LogP contribution in [0.5, 0.6) is 0 Å². The van der Waals surface area contributed by atoms with E-state index in [1.807, 2.05) is 10.6 Å². The fourth-order valence-electron chi connectivity index (χ4n) is 1.42. The zero-order valence-electron chi connectivity index (χ0n) is 9.99. The molecule has 4 amide bonds. The number of rotatable bonds is 2. The summed E-state index contributed by atoms with van der Waals surface area (Å²) in [4.78, 5) is 44.7. The third-order valence-corrected chi connectivity index (χ3v) is 2.29. The summed E-state index contributed by atoms with van der Waals surface area (Å²) in [6.07, 6.45) is 0. The predicted octanol–water partition coefficient (Wildman–Crippen LogP) is -1.34. The van der Waals surface area contributed by atoms with Crippen LogP contribution < -0.4 is 21.4 Å². The fourth-order valence-corrected chi connectivity index (χ4v) is 1.42. The van der Waals surface area contributed by atoms with E-state index in [0.29, 0.717) is 5.69 Å². The van der Waals surface area contributed by atoms with Crippen molar-refractivity contribution in [2.24, 2.45) is 10.8 Å². The first kappa shape index (κ1) is 13.2. The Hall–Kier alpha value is -3.23. The number of hydrogen-bond donors (Lipinski definition) is 3. The molecule has 1 aliphatic heterocycles. The zero-order valence-corrected chi connectivity index (χ0v) is 9.99. The number of nitrogens with zero attached hydrogens (tertiary/aromatic N) is 2. The maximum Gasteiger partial charge on any atom is 0.340 e. The summed E-state index contributed by atoms with van der Waals surface area (Å²) >= 11 is 0. The van der Waals surface area contributed by atoms with Gasteiger partial charge in [0.05, 0.1) is 5.69 Å². The van der Waals surface area contributed by atoms with Gasteiger partial charge in [-0.1, -0.05) is 18.2 Å². The van der Waals surface area contributed by atoms with Gasteiger partial charge in [0.15, 0.2) is 0 Å². The quantitative estimate of drug-likeness (QED) is 0.454. The number of carbonyl (C=O) groups is 4. The molecule has 1 saturated heterocycles. The van der Waals surface area contributed by atoms with E-state index in [9.17, 15) is 19.2 Å². The number of guanidine groups is 1. The average molecular weight is 275 g/mol. The maximum atomic E-state index is 11.3. The van der Waals surface area contributed by atoms with Crippen molar-refractivity contribution in [3.05, 3.63) is 30.3 Å². The monoisotopic (exact) mass is 275 g/mol. The van der Waals surface area contributed by atoms with Gasteiger partial charge in [0, 0.05) is 0 Å². The second-order valence-corrected chi connectivity index (χ2v) is 3.67. The van der Waals surface area contributed by atoms with Crippen molar-refractivity contribution in [3.8, 4) is 0 Å². The van der Waals surface area contributed by atoms with Gasteiger partial charge >= 0.3 is 23.6 Å². The molecular weight excluding hydrogens is 266 g/mol. The number of nitrogens with two attached hydrogens (primary N) is 1. The molecule has 0 spiro atoms. The molecule has 0 saturated carbocycles. The minimum atomic E-state index is -1.24. The van der Waals surface area contributed by atoms with Crippen molar-refractivity contribution in [2.45, 2.75) is 0 Å². The molecular formula is C11H9N5O4. The van der Waals surface area contributed by atoms with Gasteiger partial charge in [0.1, 0.15) is 0 Å². The molecule has 0 aliphatic carbocycles. The molecule has 0 atom stereocenters. The van der Waals surface area contributed by atoms with E-state index in [2.05, 4.69) is 5.10 Å². The summed E-state index contributed by atoms with van der Waals surface area (Å²) in [6.45, 7) is 0. The largest absolute Gasteiger partial charge is 0.350 e. The number of hydrazone groups is 1. The number of amides is 4. The number of anilines is 1. The van der Waals surface area contributed by atoms with Crippen molar-refractivity contribution in [1.82, 2.24) is 10.6 Å². The normalized spacial score (nSPS) is 14.4. The van der Waals surface area contributed by atoms with Crippen LogP contribution in [0, 0.1) is 0 Å². The first-order valence-corrected chi connectivity index (χ1v) is 5.39. The average Bonchev–Trinajstić information content (AvgIpc) is 2.42. The molecule has 0 bridgehead atoms. The van der Waals surface area contributed by atoms with Gasteiger partial charge in [-0.3, -0.25) is 25.0 Å². The van der Waals surface area contributed by atoms with Crippen molar-refractivity contribution in [3.63, 3.8) is 0 Å². The number of Topliss-reactive ketones (excluding diaryl/α,β-unsaturated/α-hetero) is 1. The van der Waals surface area contributed by atoms with Crippen LogP contribution in [0.15, 0.2) is 35.4 Å². The highest BCUT2D eigenvalue weighted by Crippen LogP contribution is 2.13. The van der Waals surface area contributed by atoms with E-state index in [0.717, 1.165) is 5.01 Å². The van der Waals surface area contributed by atoms with Crippen molar-refractivity contribution in [2.75, 3.05) is 5.01 Å². The lowest BCUT2D eigenvalue weighted by atomic mass is 10.3. The first-order chi connectivity index (χ1) is 9.49. The van der Waals surface area contributed by atoms with E-state index in [-0.39, 0.29) is 5.96 Å². The second-order valence-electron chi connectivity index (χ2n) is 3.67. The molecule has 1 fully saturated rings. The number of carbonyl (C=O) groups excluding carboxylic acids is 4. The lowest BCUT2D eigenvalue weighted by Gasteiger charge is -2.19. The van der Waals surface area contributed by atoms with Gasteiger partial charge in [0.25, 0.3) is 0 Å². The van der Waals surface area contributed by atoms with E-state index >= 15 is 0 Å². The molecule has 0 unspecified atom stereocenters. The summed E-state index contributed by atoms with van der Waals surface area (Å²) in [7, 11) is 0. The molecule has 20 heavy (non-hydrogen) atoms. The van der Waals surface area contributed by atoms with Gasteiger partial charge in [-0.15, -0.1) is 5.10 Å². The van der Waals surface area contributed by atoms with Crippen molar-refractivity contribution in [1.29, 1.82) is 0 Å². The highest BCUT2D eigenvalue weighted by atomic mass is 16.2. The van der Waals surface area contributed by atoms with E-state index in [1.54, 1.807) is 30.3 Å². The third kappa shape index (κ3) is 2.61. The molecule has 4 N–H and O–H groups in total. The van der Waals surface area contributed by atoms with Gasteiger partial charge in [0.2, 0.25) is 5.96 Å². The topological polar surface area (TPSA) is 134 Å². The Morgan fingerprint density at radius 3 is 2.10 bits per heavy atom. The van der Waals surface area contributed by atoms with Crippen LogP contribution in [-0.4, -0.2) is 29.6 Å². The molecule has 9 heteroatoms. The molecule has 1 aromatic carbocycles. The Kier molecular flexibility index (Phi) is 3.42. The lowest BCUT2D eigenvalue weighted by Crippen LogP contribution is -2.58. The minimum absolute atomic E-state index is 0.327. The molecule has 1 heterocycles. The maximum absolute atomic E-state index is 11.3. The second kappa shape index (κ2) is 5.18. The molecule has 0 radical (unpaired) electrons. The van der Waals surface area contributed by atoms with Crippen LogP contribution in [-0.2, 0) is 14.4 Å². The minimum Gasteiger partial charge on any atom is -0.350 e. The highest BCUT2D eigenvalue weighted by Gasteiger charge is 2.31. The van der Waals surface area contributed by atoms with Crippen LogP contribution in [0.1, 0.15) is 0 Å². The Labute approximate surface area is 112 Å². The number of primary amides is 1. The summed E-state index contributed by atoms with van der Waals surface area (Å²) in [5.74, 6) is -3.87. The summed E-state index contributed by atoms with van der Waals surface area (Å²) in [6, 6.07) is 7.18. The molecule has 1 aromatic rings. The number of urea groups is 1.